The van der Waals surface area contributed by atoms with Gasteiger partial charge in [0.1, 0.15) is 11.3 Å². The number of ether oxygens (including phenoxy) is 1. The molecule has 1 unspecified atom stereocenters. The van der Waals surface area contributed by atoms with E-state index in [0.717, 1.165) is 43.6 Å². The minimum absolute atomic E-state index is 0.0412. The summed E-state index contributed by atoms with van der Waals surface area (Å²) in [5.74, 6) is 0.283. The molecule has 9 heteroatoms. The number of hydrogen-bond acceptors (Lipinski definition) is 5. The number of nitrogens with one attached hydrogen (secondary N) is 2. The van der Waals surface area contributed by atoms with Crippen molar-refractivity contribution in [3.05, 3.63) is 11.4 Å². The lowest BCUT2D eigenvalue weighted by molar-refractivity contribution is -0.123. The van der Waals surface area contributed by atoms with Crippen molar-refractivity contribution in [2.75, 3.05) is 13.1 Å². The Hall–Kier alpha value is -2.16. The normalized spacial score (nSPS) is 24.8. The second kappa shape index (κ2) is 7.10. The van der Waals surface area contributed by atoms with Gasteiger partial charge in [0.25, 0.3) is 0 Å². The number of amides is 3. The summed E-state index contributed by atoms with van der Waals surface area (Å²) in [6.07, 6.45) is 3.77. The van der Waals surface area contributed by atoms with Crippen LogP contribution in [-0.2, 0) is 29.2 Å². The Morgan fingerprint density at radius 3 is 2.89 bits per heavy atom. The molecule has 1 aromatic rings. The van der Waals surface area contributed by atoms with Crippen LogP contribution in [0.2, 0.25) is 0 Å². The number of likely N-dealkylation sites (tertiary alicyclic amines) is 1. The van der Waals surface area contributed by atoms with Gasteiger partial charge in [-0.1, -0.05) is 5.21 Å². The van der Waals surface area contributed by atoms with Crippen molar-refractivity contribution in [2.45, 2.75) is 70.9 Å². The third-order valence-electron chi connectivity index (χ3n) is 5.49. The molecule has 0 bridgehead atoms. The first-order chi connectivity index (χ1) is 13.0. The largest absolute Gasteiger partial charge is 0.365 e. The number of fused-ring (bicyclic) bond motifs is 1. The molecule has 148 valence electrons. The van der Waals surface area contributed by atoms with Crippen molar-refractivity contribution in [1.29, 1.82) is 0 Å². The standard InChI is InChI=1S/C18H28N6O3/c1-12(2)20-17(26)23-7-3-6-18(10-23)11-24-15(9-27-18)14(21-22-24)8-19-16(25)13-4-5-13/h12-13H,3-11H2,1-2H3,(H,19,25)(H,20,26). The molecule has 0 radical (unpaired) electrons. The van der Waals surface area contributed by atoms with Crippen LogP contribution in [0.5, 0.6) is 0 Å². The van der Waals surface area contributed by atoms with Gasteiger partial charge in [0.15, 0.2) is 0 Å². The minimum Gasteiger partial charge on any atom is -0.365 e. The lowest BCUT2D eigenvalue weighted by Crippen LogP contribution is -2.57. The minimum atomic E-state index is -0.415. The Kier molecular flexibility index (Phi) is 4.79. The van der Waals surface area contributed by atoms with Crippen molar-refractivity contribution >= 4 is 11.9 Å². The summed E-state index contributed by atoms with van der Waals surface area (Å²) >= 11 is 0. The Morgan fingerprint density at radius 1 is 1.33 bits per heavy atom. The number of carbonyl (C=O) groups is 2. The van der Waals surface area contributed by atoms with Gasteiger partial charge in [0, 0.05) is 18.5 Å². The van der Waals surface area contributed by atoms with E-state index in [1.165, 1.54) is 0 Å². The van der Waals surface area contributed by atoms with E-state index in [-0.39, 0.29) is 23.9 Å². The van der Waals surface area contributed by atoms with E-state index in [9.17, 15) is 9.59 Å². The molecule has 2 fully saturated rings. The molecule has 0 aromatic carbocycles. The lowest BCUT2D eigenvalue weighted by atomic mass is 9.91. The molecule has 1 saturated carbocycles. The van der Waals surface area contributed by atoms with Crippen LogP contribution < -0.4 is 10.6 Å². The molecule has 1 aliphatic carbocycles. The molecule has 9 nitrogen and oxygen atoms in total. The lowest BCUT2D eigenvalue weighted by Gasteiger charge is -2.44. The average Bonchev–Trinajstić information content (AvgIpc) is 3.41. The zero-order chi connectivity index (χ0) is 19.0. The summed E-state index contributed by atoms with van der Waals surface area (Å²) < 4.78 is 8.13. The fourth-order valence-electron chi connectivity index (χ4n) is 3.85. The van der Waals surface area contributed by atoms with Gasteiger partial charge in [-0.15, -0.1) is 5.10 Å². The second-order valence-electron chi connectivity index (χ2n) is 8.23. The summed E-state index contributed by atoms with van der Waals surface area (Å²) in [6, 6.07) is 0.0681. The summed E-state index contributed by atoms with van der Waals surface area (Å²) in [6.45, 7) is 6.59. The smallest absolute Gasteiger partial charge is 0.317 e. The molecule has 27 heavy (non-hydrogen) atoms. The van der Waals surface area contributed by atoms with Gasteiger partial charge in [-0.25, -0.2) is 9.48 Å². The van der Waals surface area contributed by atoms with Crippen molar-refractivity contribution in [2.24, 2.45) is 5.92 Å². The zero-order valence-electron chi connectivity index (χ0n) is 16.0. The van der Waals surface area contributed by atoms with E-state index in [1.807, 2.05) is 23.4 Å². The van der Waals surface area contributed by atoms with Gasteiger partial charge in [-0.3, -0.25) is 4.79 Å². The van der Waals surface area contributed by atoms with Crippen molar-refractivity contribution < 1.29 is 14.3 Å². The highest BCUT2D eigenvalue weighted by atomic mass is 16.5. The molecule has 1 aromatic heterocycles. The maximum Gasteiger partial charge on any atom is 0.317 e. The third kappa shape index (κ3) is 3.92. The second-order valence-corrected chi connectivity index (χ2v) is 8.23. The molecule has 2 aliphatic heterocycles. The fraction of sp³-hybridized carbons (Fsp3) is 0.778. The Labute approximate surface area is 158 Å². The number of nitrogens with zero attached hydrogens (tertiary/aromatic N) is 4. The Morgan fingerprint density at radius 2 is 2.15 bits per heavy atom. The molecule has 1 saturated heterocycles. The highest BCUT2D eigenvalue weighted by Crippen LogP contribution is 2.33. The first-order valence-corrected chi connectivity index (χ1v) is 9.84. The number of urea groups is 1. The SMILES string of the molecule is CC(C)NC(=O)N1CCCC2(C1)Cn1nnc(CNC(=O)C3CC3)c1CO2. The first-order valence-electron chi connectivity index (χ1n) is 9.84. The summed E-state index contributed by atoms with van der Waals surface area (Å²) in [4.78, 5) is 26.1. The highest BCUT2D eigenvalue weighted by molar-refractivity contribution is 5.80. The van der Waals surface area contributed by atoms with Crippen LogP contribution in [0.3, 0.4) is 0 Å². The highest BCUT2D eigenvalue weighted by Gasteiger charge is 2.42. The molecule has 4 rings (SSSR count). The number of aromatic nitrogens is 3. The quantitative estimate of drug-likeness (QED) is 0.809. The average molecular weight is 376 g/mol. The maximum atomic E-state index is 12.4. The number of carbonyl (C=O) groups excluding carboxylic acids is 2. The summed E-state index contributed by atoms with van der Waals surface area (Å²) in [5, 5.41) is 14.4. The van der Waals surface area contributed by atoms with Crippen molar-refractivity contribution in [3.8, 4) is 0 Å². The predicted molar refractivity (Wildman–Crippen MR) is 96.6 cm³/mol. The van der Waals surface area contributed by atoms with E-state index in [4.69, 9.17) is 4.74 Å². The van der Waals surface area contributed by atoms with E-state index in [2.05, 4.69) is 20.9 Å². The molecule has 1 spiro atoms. The monoisotopic (exact) mass is 376 g/mol. The van der Waals surface area contributed by atoms with Crippen LogP contribution in [0.4, 0.5) is 4.79 Å². The number of rotatable bonds is 4. The van der Waals surface area contributed by atoms with Gasteiger partial charge in [-0.2, -0.15) is 0 Å². The molecule has 3 aliphatic rings. The number of piperidine rings is 1. The van der Waals surface area contributed by atoms with Gasteiger partial charge < -0.3 is 20.3 Å². The van der Waals surface area contributed by atoms with E-state index >= 15 is 0 Å². The van der Waals surface area contributed by atoms with Crippen molar-refractivity contribution in [1.82, 2.24) is 30.5 Å². The van der Waals surface area contributed by atoms with Crippen molar-refractivity contribution in [3.63, 3.8) is 0 Å². The molecule has 2 N–H and O–H groups in total. The molecule has 3 amide bonds. The van der Waals surface area contributed by atoms with E-state index < -0.39 is 5.60 Å². The van der Waals surface area contributed by atoms with Gasteiger partial charge >= 0.3 is 6.03 Å². The van der Waals surface area contributed by atoms with Crippen LogP contribution in [-0.4, -0.2) is 56.6 Å². The van der Waals surface area contributed by atoms with E-state index in [0.29, 0.717) is 26.2 Å². The van der Waals surface area contributed by atoms with Gasteiger partial charge in [0.05, 0.1) is 31.9 Å². The maximum absolute atomic E-state index is 12.4. The molecular formula is C18H28N6O3. The summed E-state index contributed by atoms with van der Waals surface area (Å²) in [5.41, 5.74) is 1.27. The van der Waals surface area contributed by atoms with Crippen LogP contribution in [0.1, 0.15) is 50.9 Å². The zero-order valence-corrected chi connectivity index (χ0v) is 16.0. The topological polar surface area (TPSA) is 101 Å². The Bertz CT molecular complexity index is 729. The molecular weight excluding hydrogens is 348 g/mol. The van der Waals surface area contributed by atoms with Crippen LogP contribution in [0, 0.1) is 5.92 Å². The van der Waals surface area contributed by atoms with Crippen LogP contribution in [0.25, 0.3) is 0 Å². The predicted octanol–water partition coefficient (Wildman–Crippen LogP) is 0.787. The molecule has 3 heterocycles. The fourth-order valence-corrected chi connectivity index (χ4v) is 3.85. The Balaban J connectivity index is 1.40. The van der Waals surface area contributed by atoms with Crippen LogP contribution >= 0.6 is 0 Å². The van der Waals surface area contributed by atoms with Crippen LogP contribution in [0.15, 0.2) is 0 Å². The van der Waals surface area contributed by atoms with Gasteiger partial charge in [0.2, 0.25) is 5.91 Å². The first kappa shape index (κ1) is 18.2. The van der Waals surface area contributed by atoms with Gasteiger partial charge in [-0.05, 0) is 39.5 Å². The number of hydrogen-bond donors (Lipinski definition) is 2. The van der Waals surface area contributed by atoms with E-state index in [1.54, 1.807) is 0 Å². The third-order valence-corrected chi connectivity index (χ3v) is 5.49. The molecule has 1 atom stereocenters. The summed E-state index contributed by atoms with van der Waals surface area (Å²) in [7, 11) is 0.